The van der Waals surface area contributed by atoms with Crippen molar-refractivity contribution in [2.45, 2.75) is 33.0 Å². The number of hydrogen-bond donors (Lipinski definition) is 0. The number of benzene rings is 2. The zero-order chi connectivity index (χ0) is 20.5. The number of nitro groups is 1. The van der Waals surface area contributed by atoms with Crippen LogP contribution in [-0.2, 0) is 6.42 Å². The molecule has 1 heterocycles. The highest BCUT2D eigenvalue weighted by Gasteiger charge is 2.14. The van der Waals surface area contributed by atoms with Crippen molar-refractivity contribution in [1.29, 1.82) is 0 Å². The minimum absolute atomic E-state index is 0.00392. The van der Waals surface area contributed by atoms with E-state index in [0.29, 0.717) is 16.7 Å². The molecule has 6 heteroatoms. The summed E-state index contributed by atoms with van der Waals surface area (Å²) in [6.07, 6.45) is 0.274. The zero-order valence-electron chi connectivity index (χ0n) is 16.3. The van der Waals surface area contributed by atoms with Crippen LogP contribution in [0, 0.1) is 28.5 Å². The number of non-ortho nitro benzene ring substituents is 1. The Hall–Kier alpha value is -3.17. The van der Waals surface area contributed by atoms with E-state index >= 15 is 0 Å². The lowest BCUT2D eigenvalue weighted by molar-refractivity contribution is -0.384. The van der Waals surface area contributed by atoms with Gasteiger partial charge in [-0.3, -0.25) is 10.1 Å². The molecule has 0 N–H and O–H groups in total. The van der Waals surface area contributed by atoms with Crippen LogP contribution in [0.5, 0.6) is 0 Å². The topological polar surface area (TPSA) is 73.3 Å². The smallest absolute Gasteiger partial charge is 0.340 e. The van der Waals surface area contributed by atoms with Gasteiger partial charge >= 0.3 is 5.63 Å². The molecular weight excluding hydrogens is 370 g/mol. The second-order valence-corrected chi connectivity index (χ2v) is 12.6. The summed E-state index contributed by atoms with van der Waals surface area (Å²) >= 11 is 0. The quantitative estimate of drug-likeness (QED) is 0.211. The van der Waals surface area contributed by atoms with E-state index in [9.17, 15) is 14.9 Å². The standard InChI is InChI=1S/C22H21NO4Si/c1-15-19-13-16(10-11-28(2,3)4)8-9-21(19)27-22(24)20(15)14-17-6-5-7-18(12-17)23(25)26/h5-9,12-13H,14H2,1-4H3. The fourth-order valence-corrected chi connectivity index (χ4v) is 3.43. The maximum absolute atomic E-state index is 12.5. The average Bonchev–Trinajstić information content (AvgIpc) is 2.63. The highest BCUT2D eigenvalue weighted by Crippen LogP contribution is 2.23. The van der Waals surface area contributed by atoms with Crippen molar-refractivity contribution in [3.63, 3.8) is 0 Å². The lowest BCUT2D eigenvalue weighted by Crippen LogP contribution is -2.16. The Bertz CT molecular complexity index is 1190. The molecule has 0 atom stereocenters. The van der Waals surface area contributed by atoms with Crippen LogP contribution < -0.4 is 5.63 Å². The first kappa shape index (κ1) is 19.6. The van der Waals surface area contributed by atoms with E-state index in [1.807, 2.05) is 19.1 Å². The molecule has 0 unspecified atom stereocenters. The molecule has 1 aromatic heterocycles. The van der Waals surface area contributed by atoms with E-state index in [1.54, 1.807) is 18.2 Å². The van der Waals surface area contributed by atoms with Gasteiger partial charge in [-0.1, -0.05) is 37.7 Å². The summed E-state index contributed by atoms with van der Waals surface area (Å²) in [6, 6.07) is 11.9. The molecule has 0 aliphatic rings. The van der Waals surface area contributed by atoms with Crippen LogP contribution in [0.1, 0.15) is 22.3 Å². The van der Waals surface area contributed by atoms with E-state index in [-0.39, 0.29) is 12.1 Å². The van der Waals surface area contributed by atoms with Gasteiger partial charge in [0.15, 0.2) is 0 Å². The molecule has 5 nitrogen and oxygen atoms in total. The van der Waals surface area contributed by atoms with Crippen LogP contribution >= 0.6 is 0 Å². The van der Waals surface area contributed by atoms with E-state index < -0.39 is 18.6 Å². The van der Waals surface area contributed by atoms with Crippen molar-refractivity contribution in [3.05, 3.63) is 85.3 Å². The van der Waals surface area contributed by atoms with Crippen molar-refractivity contribution in [1.82, 2.24) is 0 Å². The molecule has 142 valence electrons. The van der Waals surface area contributed by atoms with Gasteiger partial charge in [0, 0.05) is 35.1 Å². The van der Waals surface area contributed by atoms with Crippen LogP contribution in [0.2, 0.25) is 19.6 Å². The molecule has 0 saturated carbocycles. The van der Waals surface area contributed by atoms with Crippen LogP contribution in [-0.4, -0.2) is 13.0 Å². The lowest BCUT2D eigenvalue weighted by atomic mass is 9.98. The average molecular weight is 391 g/mol. The third-order valence-corrected chi connectivity index (χ3v) is 5.24. The van der Waals surface area contributed by atoms with Gasteiger partial charge in [-0.25, -0.2) is 4.79 Å². The fourth-order valence-electron chi connectivity index (χ4n) is 2.92. The van der Waals surface area contributed by atoms with Crippen LogP contribution in [0.3, 0.4) is 0 Å². The van der Waals surface area contributed by atoms with E-state index in [4.69, 9.17) is 4.42 Å². The zero-order valence-corrected chi connectivity index (χ0v) is 17.3. The fraction of sp³-hybridized carbons (Fsp3) is 0.227. The maximum atomic E-state index is 12.5. The summed E-state index contributed by atoms with van der Waals surface area (Å²) in [6.45, 7) is 8.43. The van der Waals surface area contributed by atoms with Crippen molar-refractivity contribution in [2.24, 2.45) is 0 Å². The van der Waals surface area contributed by atoms with Gasteiger partial charge in [0.05, 0.1) is 4.92 Å². The summed E-state index contributed by atoms with van der Waals surface area (Å²) in [4.78, 5) is 23.1. The van der Waals surface area contributed by atoms with E-state index in [2.05, 4.69) is 31.1 Å². The SMILES string of the molecule is Cc1c(Cc2cccc([N+](=O)[O-])c2)c(=O)oc2ccc(C#C[Si](C)(C)C)cc12. The largest absolute Gasteiger partial charge is 0.423 e. The molecule has 0 amide bonds. The van der Waals surface area contributed by atoms with Gasteiger partial charge in [0.2, 0.25) is 0 Å². The Morgan fingerprint density at radius 2 is 1.89 bits per heavy atom. The Balaban J connectivity index is 2.07. The van der Waals surface area contributed by atoms with Gasteiger partial charge in [0.25, 0.3) is 5.69 Å². The van der Waals surface area contributed by atoms with E-state index in [0.717, 1.165) is 16.5 Å². The molecule has 0 radical (unpaired) electrons. The number of nitro benzene ring substituents is 1. The van der Waals surface area contributed by atoms with Crippen LogP contribution in [0.4, 0.5) is 5.69 Å². The van der Waals surface area contributed by atoms with Gasteiger partial charge < -0.3 is 4.42 Å². The minimum Gasteiger partial charge on any atom is -0.423 e. The molecule has 0 aliphatic heterocycles. The third kappa shape index (κ3) is 4.38. The Morgan fingerprint density at radius 1 is 1.14 bits per heavy atom. The van der Waals surface area contributed by atoms with Crippen LogP contribution in [0.15, 0.2) is 51.7 Å². The molecule has 28 heavy (non-hydrogen) atoms. The molecule has 3 rings (SSSR count). The van der Waals surface area contributed by atoms with Gasteiger partial charge in [0.1, 0.15) is 13.7 Å². The Labute approximate surface area is 164 Å². The Morgan fingerprint density at radius 3 is 2.57 bits per heavy atom. The number of fused-ring (bicyclic) bond motifs is 1. The molecule has 0 bridgehead atoms. The van der Waals surface area contributed by atoms with Crippen molar-refractivity contribution in [2.75, 3.05) is 0 Å². The predicted octanol–water partition coefficient (Wildman–Crippen LogP) is 4.83. The number of rotatable bonds is 3. The minimum atomic E-state index is -1.50. The third-order valence-electron chi connectivity index (χ3n) is 4.37. The predicted molar refractivity (Wildman–Crippen MR) is 113 cm³/mol. The van der Waals surface area contributed by atoms with Crippen molar-refractivity contribution < 1.29 is 9.34 Å². The molecule has 2 aromatic carbocycles. The monoisotopic (exact) mass is 391 g/mol. The first-order valence-corrected chi connectivity index (χ1v) is 12.5. The molecular formula is C22H21NO4Si. The summed E-state index contributed by atoms with van der Waals surface area (Å²) in [5.41, 5.74) is 6.33. The molecule has 0 aliphatic carbocycles. The molecule has 0 fully saturated rings. The second kappa shape index (κ2) is 7.45. The lowest BCUT2D eigenvalue weighted by Gasteiger charge is -2.09. The van der Waals surface area contributed by atoms with Gasteiger partial charge in [-0.05, 0) is 36.2 Å². The van der Waals surface area contributed by atoms with Crippen LogP contribution in [0.25, 0.3) is 11.0 Å². The Kier molecular flexibility index (Phi) is 5.21. The highest BCUT2D eigenvalue weighted by atomic mass is 28.3. The summed E-state index contributed by atoms with van der Waals surface area (Å²) in [5, 5.41) is 11.8. The summed E-state index contributed by atoms with van der Waals surface area (Å²) in [5.74, 6) is 3.22. The normalized spacial score (nSPS) is 11.1. The second-order valence-electron chi connectivity index (χ2n) is 7.81. The van der Waals surface area contributed by atoms with E-state index in [1.165, 1.54) is 12.1 Å². The van der Waals surface area contributed by atoms with Crippen molar-refractivity contribution >= 4 is 24.7 Å². The van der Waals surface area contributed by atoms with Gasteiger partial charge in [-0.2, -0.15) is 0 Å². The summed E-state index contributed by atoms with van der Waals surface area (Å²) < 4.78 is 5.49. The van der Waals surface area contributed by atoms with Crippen molar-refractivity contribution in [3.8, 4) is 11.5 Å². The molecule has 0 spiro atoms. The highest BCUT2D eigenvalue weighted by molar-refractivity contribution is 6.83. The molecule has 3 aromatic rings. The number of aryl methyl sites for hydroxylation is 1. The number of hydrogen-bond acceptors (Lipinski definition) is 4. The molecule has 0 saturated heterocycles. The maximum Gasteiger partial charge on any atom is 0.340 e. The first-order valence-electron chi connectivity index (χ1n) is 8.97. The number of nitrogens with zero attached hydrogens (tertiary/aromatic N) is 1. The first-order chi connectivity index (χ1) is 13.1. The summed E-state index contributed by atoms with van der Waals surface area (Å²) in [7, 11) is -1.50. The van der Waals surface area contributed by atoms with Gasteiger partial charge in [-0.15, -0.1) is 5.54 Å².